The summed E-state index contributed by atoms with van der Waals surface area (Å²) in [5, 5.41) is 7.09. The van der Waals surface area contributed by atoms with Crippen molar-refractivity contribution in [1.29, 1.82) is 0 Å². The van der Waals surface area contributed by atoms with Crippen molar-refractivity contribution in [1.82, 2.24) is 25.3 Å². The van der Waals surface area contributed by atoms with Gasteiger partial charge in [0.2, 0.25) is 17.6 Å². The van der Waals surface area contributed by atoms with Gasteiger partial charge in [-0.25, -0.2) is 0 Å². The third-order valence-corrected chi connectivity index (χ3v) is 4.52. The van der Waals surface area contributed by atoms with Crippen molar-refractivity contribution in [2.45, 2.75) is 32.9 Å². The van der Waals surface area contributed by atoms with Crippen LogP contribution in [0.15, 0.2) is 28.8 Å². The zero-order valence-corrected chi connectivity index (χ0v) is 17.1. The average Bonchev–Trinajstić information content (AvgIpc) is 3.10. The number of benzene rings is 1. The van der Waals surface area contributed by atoms with Crippen LogP contribution >= 0.6 is 0 Å². The molecule has 8 nitrogen and oxygen atoms in total. The quantitative estimate of drug-likeness (QED) is 0.809. The van der Waals surface area contributed by atoms with Gasteiger partial charge in [0.1, 0.15) is 5.75 Å². The molecule has 2 aromatic rings. The normalized spacial score (nSPS) is 16.1. The van der Waals surface area contributed by atoms with Crippen molar-refractivity contribution in [3.8, 4) is 17.1 Å². The number of piperazine rings is 1. The van der Waals surface area contributed by atoms with Crippen molar-refractivity contribution < 1.29 is 14.1 Å². The van der Waals surface area contributed by atoms with Gasteiger partial charge in [-0.2, -0.15) is 4.98 Å². The van der Waals surface area contributed by atoms with Crippen LogP contribution in [-0.4, -0.2) is 71.2 Å². The first-order valence-corrected chi connectivity index (χ1v) is 9.55. The van der Waals surface area contributed by atoms with E-state index in [1.54, 1.807) is 7.11 Å². The van der Waals surface area contributed by atoms with Crippen LogP contribution in [-0.2, 0) is 11.3 Å². The van der Waals surface area contributed by atoms with Crippen LogP contribution in [0, 0.1) is 0 Å². The molecule has 3 rings (SSSR count). The number of ether oxygens (including phenoxy) is 1. The second kappa shape index (κ2) is 8.70. The van der Waals surface area contributed by atoms with Gasteiger partial charge in [0.15, 0.2) is 0 Å². The molecule has 28 heavy (non-hydrogen) atoms. The highest BCUT2D eigenvalue weighted by Crippen LogP contribution is 2.20. The number of nitrogens with zero attached hydrogens (tertiary/aromatic N) is 4. The monoisotopic (exact) mass is 387 g/mol. The van der Waals surface area contributed by atoms with Gasteiger partial charge in [-0.1, -0.05) is 5.16 Å². The van der Waals surface area contributed by atoms with Crippen molar-refractivity contribution >= 4 is 5.91 Å². The molecular weight excluding hydrogens is 358 g/mol. The van der Waals surface area contributed by atoms with Crippen LogP contribution in [0.4, 0.5) is 0 Å². The van der Waals surface area contributed by atoms with E-state index >= 15 is 0 Å². The number of amides is 1. The van der Waals surface area contributed by atoms with E-state index in [4.69, 9.17) is 9.26 Å². The van der Waals surface area contributed by atoms with E-state index in [9.17, 15) is 4.79 Å². The van der Waals surface area contributed by atoms with Crippen LogP contribution in [0.25, 0.3) is 11.4 Å². The van der Waals surface area contributed by atoms with Gasteiger partial charge in [0, 0.05) is 37.3 Å². The fraction of sp³-hybridized carbons (Fsp3) is 0.550. The van der Waals surface area contributed by atoms with Crippen LogP contribution in [0.3, 0.4) is 0 Å². The van der Waals surface area contributed by atoms with E-state index in [1.165, 1.54) is 0 Å². The standard InChI is InChI=1S/C20H29N5O3/c1-20(2,3)22-17(26)13-24-9-11-25(12-10-24)14-18-21-19(23-28-18)15-5-7-16(27-4)8-6-15/h5-8H,9-14H2,1-4H3,(H,22,26). The molecule has 0 aliphatic carbocycles. The molecule has 0 bridgehead atoms. The molecule has 0 radical (unpaired) electrons. The van der Waals surface area contributed by atoms with E-state index < -0.39 is 0 Å². The first-order valence-electron chi connectivity index (χ1n) is 9.55. The van der Waals surface area contributed by atoms with Gasteiger partial charge in [0.05, 0.1) is 20.2 Å². The summed E-state index contributed by atoms with van der Waals surface area (Å²) in [7, 11) is 1.64. The molecule has 1 fully saturated rings. The molecule has 0 unspecified atom stereocenters. The minimum atomic E-state index is -0.196. The van der Waals surface area contributed by atoms with E-state index in [2.05, 4.69) is 25.3 Å². The maximum Gasteiger partial charge on any atom is 0.241 e. The summed E-state index contributed by atoms with van der Waals surface area (Å²) in [6.07, 6.45) is 0. The highest BCUT2D eigenvalue weighted by atomic mass is 16.5. The minimum absolute atomic E-state index is 0.0713. The SMILES string of the molecule is COc1ccc(-c2noc(CN3CCN(CC(=O)NC(C)(C)C)CC3)n2)cc1. The molecule has 1 aromatic carbocycles. The first kappa shape index (κ1) is 20.3. The Balaban J connectivity index is 1.47. The Bertz CT molecular complexity index is 774. The third kappa shape index (κ3) is 5.77. The number of hydrogen-bond acceptors (Lipinski definition) is 7. The Morgan fingerprint density at radius 3 is 2.39 bits per heavy atom. The summed E-state index contributed by atoms with van der Waals surface area (Å²) in [6.45, 7) is 10.5. The minimum Gasteiger partial charge on any atom is -0.497 e. The van der Waals surface area contributed by atoms with Crippen LogP contribution in [0.2, 0.25) is 0 Å². The second-order valence-corrected chi connectivity index (χ2v) is 8.09. The third-order valence-electron chi connectivity index (χ3n) is 4.52. The van der Waals surface area contributed by atoms with Crippen LogP contribution in [0.5, 0.6) is 5.75 Å². The predicted molar refractivity (Wildman–Crippen MR) is 106 cm³/mol. The zero-order valence-electron chi connectivity index (χ0n) is 17.1. The molecule has 0 spiro atoms. The molecule has 1 aliphatic rings. The zero-order chi connectivity index (χ0) is 20.1. The van der Waals surface area contributed by atoms with Crippen LogP contribution < -0.4 is 10.1 Å². The summed E-state index contributed by atoms with van der Waals surface area (Å²) in [6, 6.07) is 7.57. The highest BCUT2D eigenvalue weighted by molar-refractivity contribution is 5.78. The van der Waals surface area contributed by atoms with Gasteiger partial charge in [-0.15, -0.1) is 0 Å². The number of nitrogens with one attached hydrogen (secondary N) is 1. The van der Waals surface area contributed by atoms with E-state index in [0.29, 0.717) is 24.8 Å². The summed E-state index contributed by atoms with van der Waals surface area (Å²) in [5.41, 5.74) is 0.698. The lowest BCUT2D eigenvalue weighted by atomic mass is 10.1. The van der Waals surface area contributed by atoms with E-state index in [1.807, 2.05) is 45.0 Å². The Kier molecular flexibility index (Phi) is 6.31. The van der Waals surface area contributed by atoms with Crippen molar-refractivity contribution in [3.05, 3.63) is 30.2 Å². The lowest BCUT2D eigenvalue weighted by Crippen LogP contribution is -2.51. The smallest absolute Gasteiger partial charge is 0.241 e. The maximum atomic E-state index is 12.1. The fourth-order valence-corrected chi connectivity index (χ4v) is 3.13. The van der Waals surface area contributed by atoms with Crippen molar-refractivity contribution in [2.75, 3.05) is 39.8 Å². The Hall–Kier alpha value is -2.45. The van der Waals surface area contributed by atoms with Crippen molar-refractivity contribution in [3.63, 3.8) is 0 Å². The van der Waals surface area contributed by atoms with Crippen molar-refractivity contribution in [2.24, 2.45) is 0 Å². The Morgan fingerprint density at radius 1 is 1.14 bits per heavy atom. The van der Waals surface area contributed by atoms with Gasteiger partial charge in [-0.05, 0) is 45.0 Å². The number of rotatable bonds is 6. The molecule has 0 atom stereocenters. The number of hydrogen-bond donors (Lipinski definition) is 1. The lowest BCUT2D eigenvalue weighted by Gasteiger charge is -2.34. The summed E-state index contributed by atoms with van der Waals surface area (Å²) in [4.78, 5) is 21.0. The number of carbonyl (C=O) groups excluding carboxylic acids is 1. The molecule has 1 amide bonds. The molecule has 2 heterocycles. The molecule has 1 saturated heterocycles. The van der Waals surface area contributed by atoms with E-state index in [-0.39, 0.29) is 11.4 Å². The number of aromatic nitrogens is 2. The predicted octanol–water partition coefficient (Wildman–Crippen LogP) is 1.78. The van der Waals surface area contributed by atoms with Gasteiger partial charge < -0.3 is 14.6 Å². The lowest BCUT2D eigenvalue weighted by molar-refractivity contribution is -0.124. The molecular formula is C20H29N5O3. The second-order valence-electron chi connectivity index (χ2n) is 8.09. The molecule has 1 N–H and O–H groups in total. The first-order chi connectivity index (χ1) is 13.3. The summed E-state index contributed by atoms with van der Waals surface area (Å²) >= 11 is 0. The average molecular weight is 387 g/mol. The Morgan fingerprint density at radius 2 is 1.79 bits per heavy atom. The number of carbonyl (C=O) groups is 1. The van der Waals surface area contributed by atoms with Gasteiger partial charge in [0.25, 0.3) is 0 Å². The summed E-state index contributed by atoms with van der Waals surface area (Å²) in [5.74, 6) is 2.04. The topological polar surface area (TPSA) is 83.7 Å². The number of methoxy groups -OCH3 is 1. The van der Waals surface area contributed by atoms with Gasteiger partial charge >= 0.3 is 0 Å². The van der Waals surface area contributed by atoms with E-state index in [0.717, 1.165) is 37.5 Å². The molecule has 0 saturated carbocycles. The molecule has 8 heteroatoms. The Labute approximate surface area is 165 Å². The largest absolute Gasteiger partial charge is 0.497 e. The molecule has 1 aromatic heterocycles. The highest BCUT2D eigenvalue weighted by Gasteiger charge is 2.22. The summed E-state index contributed by atoms with van der Waals surface area (Å²) < 4.78 is 10.6. The maximum absolute atomic E-state index is 12.1. The molecule has 1 aliphatic heterocycles. The van der Waals surface area contributed by atoms with Gasteiger partial charge in [-0.3, -0.25) is 14.6 Å². The fourth-order valence-electron chi connectivity index (χ4n) is 3.13. The molecule has 152 valence electrons. The van der Waals surface area contributed by atoms with Crippen LogP contribution in [0.1, 0.15) is 26.7 Å².